The predicted octanol–water partition coefficient (Wildman–Crippen LogP) is 16.9. The lowest BCUT2D eigenvalue weighted by atomic mass is 9.95. The highest BCUT2D eigenvalue weighted by atomic mass is 32.3. The standard InChI is InChI=1S/C50H18F20O5S/c1-17-10-8-9-15-22(17)76(18-11-4-2-5-12-18,19-13-6-3-7-14-19)75-50(71)20-16-21(72-47-39(65)33(59)30(56)34(60)40(47)66)45(73-48-41(67)35(61)31(57)36(62)42(48)68)46(74-49-43(69)37(63)32(58)38(64)44(49)70)23(20)24-25(51)27(53)29(55)28(54)26(24)52/h2-16H,1H3. The van der Waals surface area contributed by atoms with E-state index in [0.29, 0.717) is 0 Å². The minimum Gasteiger partial charge on any atom is -0.447 e. The summed E-state index contributed by atoms with van der Waals surface area (Å²) in [6, 6.07) is 18.6. The first-order valence-electron chi connectivity index (χ1n) is 20.4. The Morgan fingerprint density at radius 3 is 1.04 bits per heavy atom. The third-order valence-electron chi connectivity index (χ3n) is 10.8. The zero-order chi connectivity index (χ0) is 55.6. The number of aryl methyl sites for hydroxylation is 1. The maximum atomic E-state index is 16.5. The lowest BCUT2D eigenvalue weighted by molar-refractivity contribution is 0.0757. The Morgan fingerprint density at radius 2 is 0.658 bits per heavy atom. The number of ether oxygens (including phenoxy) is 3. The molecule has 0 amide bonds. The average Bonchev–Trinajstić information content (AvgIpc) is 3.43. The summed E-state index contributed by atoms with van der Waals surface area (Å²) < 4.78 is 326. The summed E-state index contributed by atoms with van der Waals surface area (Å²) in [6.45, 7) is 1.43. The number of benzene rings is 8. The van der Waals surface area contributed by atoms with Gasteiger partial charge in [-0.1, -0.05) is 54.6 Å². The van der Waals surface area contributed by atoms with Gasteiger partial charge < -0.3 is 18.4 Å². The summed E-state index contributed by atoms with van der Waals surface area (Å²) in [6.07, 6.45) is 0. The summed E-state index contributed by atoms with van der Waals surface area (Å²) >= 11 is 0. The van der Waals surface area contributed by atoms with Crippen LogP contribution in [0.5, 0.6) is 34.5 Å². The summed E-state index contributed by atoms with van der Waals surface area (Å²) in [4.78, 5) is 15.4. The van der Waals surface area contributed by atoms with Crippen molar-refractivity contribution in [1.29, 1.82) is 0 Å². The van der Waals surface area contributed by atoms with Crippen LogP contribution in [0.2, 0.25) is 0 Å². The van der Waals surface area contributed by atoms with Crippen LogP contribution in [-0.2, 0) is 4.18 Å². The molecule has 0 aliphatic rings. The van der Waals surface area contributed by atoms with Crippen molar-refractivity contribution in [3.63, 3.8) is 0 Å². The van der Waals surface area contributed by atoms with Crippen molar-refractivity contribution in [3.8, 4) is 45.6 Å². The third kappa shape index (κ3) is 8.67. The first kappa shape index (κ1) is 53.9. The fourth-order valence-electron chi connectivity index (χ4n) is 7.25. The molecule has 5 nitrogen and oxygen atoms in total. The Hall–Kier alpha value is -8.42. The maximum Gasteiger partial charge on any atom is 0.350 e. The van der Waals surface area contributed by atoms with Crippen molar-refractivity contribution in [2.45, 2.75) is 21.6 Å². The van der Waals surface area contributed by atoms with Crippen LogP contribution in [0.15, 0.2) is 106 Å². The topological polar surface area (TPSA) is 54.0 Å². The van der Waals surface area contributed by atoms with E-state index >= 15 is 48.7 Å². The van der Waals surface area contributed by atoms with E-state index in [1.54, 1.807) is 0 Å². The second-order valence-electron chi connectivity index (χ2n) is 15.2. The zero-order valence-corrected chi connectivity index (χ0v) is 37.5. The first-order chi connectivity index (χ1) is 35.9. The van der Waals surface area contributed by atoms with E-state index in [-0.39, 0.29) is 26.3 Å². The number of carbonyl (C=O) groups is 1. The lowest BCUT2D eigenvalue weighted by Gasteiger charge is -2.40. The molecule has 0 bridgehead atoms. The normalized spacial score (nSPS) is 11.8. The van der Waals surface area contributed by atoms with Crippen LogP contribution >= 0.6 is 10.3 Å². The molecule has 0 N–H and O–H groups in total. The van der Waals surface area contributed by atoms with E-state index in [1.165, 1.54) is 91.9 Å². The number of halogens is 20. The van der Waals surface area contributed by atoms with Gasteiger partial charge in [-0.15, -0.1) is 0 Å². The molecular formula is C50H18F20O5S. The molecule has 0 radical (unpaired) electrons. The van der Waals surface area contributed by atoms with Crippen molar-refractivity contribution in [1.82, 2.24) is 0 Å². The maximum absolute atomic E-state index is 16.5. The molecule has 76 heavy (non-hydrogen) atoms. The lowest BCUT2D eigenvalue weighted by Crippen LogP contribution is -2.17. The van der Waals surface area contributed by atoms with Crippen LogP contribution in [0, 0.1) is 123 Å². The molecule has 26 heteroatoms. The summed E-state index contributed by atoms with van der Waals surface area (Å²) in [7, 11) is -3.94. The van der Waals surface area contributed by atoms with Crippen molar-refractivity contribution in [2.75, 3.05) is 0 Å². The molecule has 8 aromatic rings. The van der Waals surface area contributed by atoms with E-state index in [0.717, 1.165) is 0 Å². The molecule has 0 aromatic heterocycles. The van der Waals surface area contributed by atoms with Crippen LogP contribution in [0.1, 0.15) is 15.9 Å². The predicted molar refractivity (Wildman–Crippen MR) is 222 cm³/mol. The highest BCUT2D eigenvalue weighted by Gasteiger charge is 2.43. The summed E-state index contributed by atoms with van der Waals surface area (Å²) in [5.41, 5.74) is -6.90. The summed E-state index contributed by atoms with van der Waals surface area (Å²) in [5, 5.41) is 0. The van der Waals surface area contributed by atoms with Gasteiger partial charge in [-0.2, -0.15) is 26.3 Å². The minimum absolute atomic E-state index is 0.0134. The van der Waals surface area contributed by atoms with E-state index < -0.39 is 184 Å². The Bertz CT molecular complexity index is 3560. The van der Waals surface area contributed by atoms with Gasteiger partial charge in [-0.05, 0) is 53.1 Å². The molecule has 394 valence electrons. The molecule has 0 spiro atoms. The Balaban J connectivity index is 1.63. The molecular weight excluding hydrogens is 1090 g/mol. The molecule has 8 aromatic carbocycles. The molecule has 0 atom stereocenters. The quantitative estimate of drug-likeness (QED) is 0.0693. The van der Waals surface area contributed by atoms with E-state index in [2.05, 4.69) is 0 Å². The summed E-state index contributed by atoms with van der Waals surface area (Å²) in [5.74, 6) is -79.5. The van der Waals surface area contributed by atoms with Crippen molar-refractivity contribution in [2.24, 2.45) is 0 Å². The van der Waals surface area contributed by atoms with Gasteiger partial charge in [0.15, 0.2) is 34.8 Å². The van der Waals surface area contributed by atoms with E-state index in [4.69, 9.17) is 18.4 Å². The van der Waals surface area contributed by atoms with Crippen LogP contribution < -0.4 is 14.2 Å². The van der Waals surface area contributed by atoms with Crippen LogP contribution in [0.3, 0.4) is 0 Å². The second-order valence-corrected chi connectivity index (χ2v) is 17.9. The average molecular weight is 1110 g/mol. The van der Waals surface area contributed by atoms with Crippen molar-refractivity contribution < 1.29 is 111 Å². The monoisotopic (exact) mass is 1110 g/mol. The van der Waals surface area contributed by atoms with Crippen molar-refractivity contribution >= 4 is 16.3 Å². The van der Waals surface area contributed by atoms with Crippen LogP contribution in [0.25, 0.3) is 11.1 Å². The van der Waals surface area contributed by atoms with Gasteiger partial charge in [-0.3, -0.25) is 0 Å². The molecule has 8 rings (SSSR count). The SMILES string of the molecule is Cc1ccccc1S(OC(=O)c1cc(Oc2c(F)c(F)c(F)c(F)c2F)c(Oc2c(F)c(F)c(F)c(F)c2F)c(Oc2c(F)c(F)c(F)c(F)c2F)c1-c1c(F)c(F)c(F)c(F)c1F)(c1ccccc1)c1ccccc1. The Morgan fingerprint density at radius 1 is 0.342 bits per heavy atom. The molecule has 0 fully saturated rings. The van der Waals surface area contributed by atoms with Crippen LogP contribution in [-0.4, -0.2) is 5.97 Å². The number of hydrogen-bond acceptors (Lipinski definition) is 5. The fraction of sp³-hybridized carbons (Fsp3) is 0.0200. The number of rotatable bonds is 12. The molecule has 0 saturated carbocycles. The van der Waals surface area contributed by atoms with Gasteiger partial charge in [0.05, 0.1) is 11.1 Å². The van der Waals surface area contributed by atoms with Gasteiger partial charge in [0.1, 0.15) is 0 Å². The fourth-order valence-corrected chi connectivity index (χ4v) is 10.5. The third-order valence-corrected chi connectivity index (χ3v) is 14.1. The van der Waals surface area contributed by atoms with Gasteiger partial charge >= 0.3 is 5.97 Å². The van der Waals surface area contributed by atoms with Crippen LogP contribution in [0.4, 0.5) is 87.8 Å². The smallest absolute Gasteiger partial charge is 0.350 e. The van der Waals surface area contributed by atoms with Gasteiger partial charge in [0, 0.05) is 26.3 Å². The minimum atomic E-state index is -3.94. The molecule has 0 aliphatic carbocycles. The highest BCUT2D eigenvalue weighted by molar-refractivity contribution is 8.30. The molecule has 0 aliphatic heterocycles. The number of carbonyl (C=O) groups excluding carboxylic acids is 1. The highest BCUT2D eigenvalue weighted by Crippen LogP contribution is 2.70. The first-order valence-corrected chi connectivity index (χ1v) is 22.0. The van der Waals surface area contributed by atoms with Gasteiger partial charge in [-0.25, -0.2) is 66.3 Å². The number of hydrogen-bond donors (Lipinski definition) is 0. The zero-order valence-electron chi connectivity index (χ0n) is 36.7. The Labute approximate surface area is 412 Å². The van der Waals surface area contributed by atoms with Gasteiger partial charge in [0.25, 0.3) is 0 Å². The van der Waals surface area contributed by atoms with E-state index in [1.807, 2.05) is 0 Å². The molecule has 0 heterocycles. The molecule has 0 saturated heterocycles. The van der Waals surface area contributed by atoms with Crippen molar-refractivity contribution in [3.05, 3.63) is 218 Å². The van der Waals surface area contributed by atoms with E-state index in [9.17, 15) is 43.9 Å². The van der Waals surface area contributed by atoms with Gasteiger partial charge in [0.2, 0.25) is 116 Å². The molecule has 0 unspecified atom stereocenters. The largest absolute Gasteiger partial charge is 0.447 e. The Kier molecular flexibility index (Phi) is 14.4. The second kappa shape index (κ2) is 20.4.